The van der Waals surface area contributed by atoms with Crippen molar-refractivity contribution in [3.63, 3.8) is 0 Å². The lowest BCUT2D eigenvalue weighted by Crippen LogP contribution is -2.08. The molecule has 0 saturated heterocycles. The standard InChI is InChI=1S/C12H16N4O2S/c1-3-16-11(8-13)14-15-12(16)9-4-6-10(7-5-9)19(2,17)18/h4-7H,3,8,13H2,1-2H3. The Hall–Kier alpha value is -1.73. The molecule has 19 heavy (non-hydrogen) atoms. The number of benzene rings is 1. The molecule has 0 unspecified atom stereocenters. The van der Waals surface area contributed by atoms with E-state index in [0.29, 0.717) is 24.7 Å². The van der Waals surface area contributed by atoms with E-state index in [9.17, 15) is 8.42 Å². The van der Waals surface area contributed by atoms with E-state index in [1.807, 2.05) is 11.5 Å². The molecule has 0 fully saturated rings. The van der Waals surface area contributed by atoms with Crippen molar-refractivity contribution in [3.8, 4) is 11.4 Å². The predicted octanol–water partition coefficient (Wildman–Crippen LogP) is 0.827. The zero-order chi connectivity index (χ0) is 14.0. The second kappa shape index (κ2) is 5.10. The Labute approximate surface area is 112 Å². The van der Waals surface area contributed by atoms with E-state index >= 15 is 0 Å². The number of hydrogen-bond acceptors (Lipinski definition) is 5. The van der Waals surface area contributed by atoms with Crippen LogP contribution in [0.25, 0.3) is 11.4 Å². The van der Waals surface area contributed by atoms with Crippen LogP contribution in [-0.2, 0) is 22.9 Å². The summed E-state index contributed by atoms with van der Waals surface area (Å²) in [5.74, 6) is 1.41. The van der Waals surface area contributed by atoms with Gasteiger partial charge in [0.05, 0.1) is 11.4 Å². The topological polar surface area (TPSA) is 90.9 Å². The first-order chi connectivity index (χ1) is 8.97. The fourth-order valence-corrected chi connectivity index (χ4v) is 2.51. The molecule has 0 aliphatic rings. The quantitative estimate of drug-likeness (QED) is 0.895. The van der Waals surface area contributed by atoms with Gasteiger partial charge in [-0.3, -0.25) is 0 Å². The molecule has 0 aliphatic carbocycles. The third kappa shape index (κ3) is 2.66. The molecule has 0 aliphatic heterocycles. The number of rotatable bonds is 4. The molecule has 2 aromatic rings. The van der Waals surface area contributed by atoms with Crippen LogP contribution in [0, 0.1) is 0 Å². The number of aromatic nitrogens is 3. The van der Waals surface area contributed by atoms with Gasteiger partial charge in [0.25, 0.3) is 0 Å². The van der Waals surface area contributed by atoms with Crippen molar-refractivity contribution in [1.82, 2.24) is 14.8 Å². The molecule has 2 N–H and O–H groups in total. The molecule has 1 aromatic carbocycles. The molecule has 2 rings (SSSR count). The summed E-state index contributed by atoms with van der Waals surface area (Å²) in [6.07, 6.45) is 1.18. The minimum Gasteiger partial charge on any atom is -0.324 e. The molecule has 6 nitrogen and oxygen atoms in total. The van der Waals surface area contributed by atoms with Crippen LogP contribution in [0.1, 0.15) is 12.7 Å². The van der Waals surface area contributed by atoms with Gasteiger partial charge in [0.1, 0.15) is 5.82 Å². The first kappa shape index (κ1) is 13.7. The zero-order valence-corrected chi connectivity index (χ0v) is 11.7. The van der Waals surface area contributed by atoms with Crippen molar-refractivity contribution in [2.24, 2.45) is 5.73 Å². The largest absolute Gasteiger partial charge is 0.324 e. The fourth-order valence-electron chi connectivity index (χ4n) is 1.88. The Kier molecular flexibility index (Phi) is 3.68. The zero-order valence-electron chi connectivity index (χ0n) is 10.9. The van der Waals surface area contributed by atoms with Crippen LogP contribution in [0.5, 0.6) is 0 Å². The molecule has 0 atom stereocenters. The van der Waals surface area contributed by atoms with E-state index in [4.69, 9.17) is 5.73 Å². The van der Waals surface area contributed by atoms with Crippen LogP contribution < -0.4 is 5.73 Å². The Balaban J connectivity index is 2.46. The molecule has 0 bridgehead atoms. The van der Waals surface area contributed by atoms with E-state index < -0.39 is 9.84 Å². The van der Waals surface area contributed by atoms with Crippen molar-refractivity contribution < 1.29 is 8.42 Å². The van der Waals surface area contributed by atoms with Gasteiger partial charge < -0.3 is 10.3 Å². The van der Waals surface area contributed by atoms with Crippen LogP contribution in [-0.4, -0.2) is 29.4 Å². The number of hydrogen-bond donors (Lipinski definition) is 1. The van der Waals surface area contributed by atoms with Crippen LogP contribution in [0.2, 0.25) is 0 Å². The van der Waals surface area contributed by atoms with E-state index in [2.05, 4.69) is 10.2 Å². The van der Waals surface area contributed by atoms with Gasteiger partial charge in [-0.25, -0.2) is 8.42 Å². The van der Waals surface area contributed by atoms with Gasteiger partial charge in [0.15, 0.2) is 15.7 Å². The van der Waals surface area contributed by atoms with Gasteiger partial charge >= 0.3 is 0 Å². The smallest absolute Gasteiger partial charge is 0.175 e. The van der Waals surface area contributed by atoms with E-state index in [1.165, 1.54) is 6.26 Å². The van der Waals surface area contributed by atoms with Crippen molar-refractivity contribution in [1.29, 1.82) is 0 Å². The lowest BCUT2D eigenvalue weighted by molar-refractivity contribution is 0.602. The minimum atomic E-state index is -3.18. The second-order valence-corrected chi connectivity index (χ2v) is 6.20. The van der Waals surface area contributed by atoms with E-state index in [-0.39, 0.29) is 4.90 Å². The van der Waals surface area contributed by atoms with E-state index in [1.54, 1.807) is 24.3 Å². The second-order valence-electron chi connectivity index (χ2n) is 4.18. The lowest BCUT2D eigenvalue weighted by atomic mass is 10.2. The number of sulfone groups is 1. The summed E-state index contributed by atoms with van der Waals surface area (Å²) >= 11 is 0. The summed E-state index contributed by atoms with van der Waals surface area (Å²) in [7, 11) is -3.18. The lowest BCUT2D eigenvalue weighted by Gasteiger charge is -2.06. The van der Waals surface area contributed by atoms with Crippen LogP contribution in [0.3, 0.4) is 0 Å². The highest BCUT2D eigenvalue weighted by Crippen LogP contribution is 2.20. The molecular formula is C12H16N4O2S. The predicted molar refractivity (Wildman–Crippen MR) is 72.1 cm³/mol. The maximum absolute atomic E-state index is 11.4. The third-order valence-corrected chi connectivity index (χ3v) is 4.00. The Morgan fingerprint density at radius 2 is 1.84 bits per heavy atom. The molecule has 0 amide bonds. The monoisotopic (exact) mass is 280 g/mol. The average Bonchev–Trinajstić information content (AvgIpc) is 2.80. The maximum Gasteiger partial charge on any atom is 0.175 e. The van der Waals surface area contributed by atoms with Gasteiger partial charge in [-0.1, -0.05) is 0 Å². The molecular weight excluding hydrogens is 264 g/mol. The van der Waals surface area contributed by atoms with Gasteiger partial charge in [0, 0.05) is 18.4 Å². The SMILES string of the molecule is CCn1c(CN)nnc1-c1ccc(S(C)(=O)=O)cc1. The molecule has 0 spiro atoms. The molecule has 102 valence electrons. The van der Waals surface area contributed by atoms with Crippen LogP contribution >= 0.6 is 0 Å². The molecule has 1 heterocycles. The fraction of sp³-hybridized carbons (Fsp3) is 0.333. The van der Waals surface area contributed by atoms with Crippen LogP contribution in [0.15, 0.2) is 29.2 Å². The summed E-state index contributed by atoms with van der Waals surface area (Å²) in [6.45, 7) is 3.02. The van der Waals surface area contributed by atoms with Crippen molar-refractivity contribution in [3.05, 3.63) is 30.1 Å². The van der Waals surface area contributed by atoms with Gasteiger partial charge in [-0.15, -0.1) is 10.2 Å². The highest BCUT2D eigenvalue weighted by molar-refractivity contribution is 7.90. The summed E-state index contributed by atoms with van der Waals surface area (Å²) in [6, 6.07) is 6.60. The van der Waals surface area contributed by atoms with Crippen molar-refractivity contribution >= 4 is 9.84 Å². The Morgan fingerprint density at radius 1 is 1.21 bits per heavy atom. The van der Waals surface area contributed by atoms with E-state index in [0.717, 1.165) is 5.56 Å². The van der Waals surface area contributed by atoms with Crippen molar-refractivity contribution in [2.45, 2.75) is 24.9 Å². The molecule has 0 radical (unpaired) electrons. The summed E-state index contributed by atoms with van der Waals surface area (Å²) in [5, 5.41) is 8.13. The molecule has 1 aromatic heterocycles. The summed E-state index contributed by atoms with van der Waals surface area (Å²) in [4.78, 5) is 0.290. The minimum absolute atomic E-state index is 0.290. The van der Waals surface area contributed by atoms with Crippen LogP contribution in [0.4, 0.5) is 0 Å². The normalized spacial score (nSPS) is 11.7. The van der Waals surface area contributed by atoms with Crippen molar-refractivity contribution in [2.75, 3.05) is 6.26 Å². The van der Waals surface area contributed by atoms with Gasteiger partial charge in [0.2, 0.25) is 0 Å². The third-order valence-electron chi connectivity index (χ3n) is 2.87. The number of nitrogens with zero attached hydrogens (tertiary/aromatic N) is 3. The maximum atomic E-state index is 11.4. The highest BCUT2D eigenvalue weighted by Gasteiger charge is 2.12. The average molecular weight is 280 g/mol. The Morgan fingerprint density at radius 3 is 2.32 bits per heavy atom. The molecule has 7 heteroatoms. The first-order valence-electron chi connectivity index (χ1n) is 5.90. The van der Waals surface area contributed by atoms with Gasteiger partial charge in [-0.05, 0) is 31.2 Å². The van der Waals surface area contributed by atoms with Gasteiger partial charge in [-0.2, -0.15) is 0 Å². The number of nitrogens with two attached hydrogens (primary N) is 1. The summed E-state index contributed by atoms with van der Waals surface area (Å²) in [5.41, 5.74) is 6.42. The molecule has 0 saturated carbocycles. The first-order valence-corrected chi connectivity index (χ1v) is 7.79. The summed E-state index contributed by atoms with van der Waals surface area (Å²) < 4.78 is 24.7. The highest BCUT2D eigenvalue weighted by atomic mass is 32.2. The Bertz CT molecular complexity index is 674.